The molecule has 0 aliphatic heterocycles. The minimum Gasteiger partial charge on any atom is -0.495 e. The number of benzene rings is 2. The summed E-state index contributed by atoms with van der Waals surface area (Å²) in [7, 11) is 1.54. The number of methoxy groups -OCH3 is 1. The van der Waals surface area contributed by atoms with Crippen LogP contribution in [0.1, 0.15) is 15.9 Å². The smallest absolute Gasteiger partial charge is 0.257 e. The van der Waals surface area contributed by atoms with Gasteiger partial charge in [-0.05, 0) is 48.9 Å². The van der Waals surface area contributed by atoms with E-state index >= 15 is 0 Å². The van der Waals surface area contributed by atoms with Crippen LogP contribution in [0, 0.1) is 6.92 Å². The van der Waals surface area contributed by atoms with Crippen LogP contribution in [0.15, 0.2) is 60.9 Å². The highest BCUT2D eigenvalue weighted by Crippen LogP contribution is 2.27. The van der Waals surface area contributed by atoms with Crippen molar-refractivity contribution in [2.75, 3.05) is 17.7 Å². The summed E-state index contributed by atoms with van der Waals surface area (Å²) < 4.78 is 5.11. The Kier molecular flexibility index (Phi) is 5.39. The van der Waals surface area contributed by atoms with Crippen molar-refractivity contribution in [3.63, 3.8) is 0 Å². The van der Waals surface area contributed by atoms with Crippen molar-refractivity contribution >= 4 is 34.6 Å². The summed E-state index contributed by atoms with van der Waals surface area (Å²) in [6.07, 6.45) is 3.19. The average molecular weight is 368 g/mol. The largest absolute Gasteiger partial charge is 0.495 e. The lowest BCUT2D eigenvalue weighted by molar-refractivity contribution is 0.102. The van der Waals surface area contributed by atoms with Gasteiger partial charge in [0, 0.05) is 17.6 Å². The predicted molar refractivity (Wildman–Crippen MR) is 105 cm³/mol. The van der Waals surface area contributed by atoms with E-state index in [1.165, 1.54) is 13.3 Å². The molecule has 0 radical (unpaired) electrons. The minimum absolute atomic E-state index is 0.272. The quantitative estimate of drug-likeness (QED) is 0.662. The minimum atomic E-state index is -0.272. The first kappa shape index (κ1) is 17.8. The van der Waals surface area contributed by atoms with Crippen molar-refractivity contribution in [2.45, 2.75) is 6.92 Å². The van der Waals surface area contributed by atoms with Crippen molar-refractivity contribution in [3.8, 4) is 5.75 Å². The van der Waals surface area contributed by atoms with E-state index in [2.05, 4.69) is 15.6 Å². The summed E-state index contributed by atoms with van der Waals surface area (Å²) in [5.41, 5.74) is 3.84. The lowest BCUT2D eigenvalue weighted by Crippen LogP contribution is -2.12. The van der Waals surface area contributed by atoms with Crippen molar-refractivity contribution in [1.29, 1.82) is 0 Å². The van der Waals surface area contributed by atoms with Gasteiger partial charge in [0.1, 0.15) is 5.75 Å². The summed E-state index contributed by atoms with van der Waals surface area (Å²) in [6, 6.07) is 14.8. The highest BCUT2D eigenvalue weighted by atomic mass is 35.5. The number of hydrogen-bond acceptors (Lipinski definition) is 4. The van der Waals surface area contributed by atoms with E-state index in [9.17, 15) is 4.79 Å². The molecular weight excluding hydrogens is 350 g/mol. The van der Waals surface area contributed by atoms with E-state index in [4.69, 9.17) is 16.3 Å². The molecule has 1 amide bonds. The Morgan fingerprint density at radius 1 is 1.04 bits per heavy atom. The van der Waals surface area contributed by atoms with Crippen LogP contribution in [-0.2, 0) is 0 Å². The van der Waals surface area contributed by atoms with E-state index < -0.39 is 0 Å². The summed E-state index contributed by atoms with van der Waals surface area (Å²) >= 11 is 6.09. The molecule has 3 aromatic rings. The van der Waals surface area contributed by atoms with Gasteiger partial charge in [-0.3, -0.25) is 9.78 Å². The molecule has 0 spiro atoms. The van der Waals surface area contributed by atoms with Gasteiger partial charge >= 0.3 is 0 Å². The number of nitrogens with zero attached hydrogens (tertiary/aromatic N) is 1. The van der Waals surface area contributed by atoms with Gasteiger partial charge in [0.15, 0.2) is 0 Å². The molecule has 0 unspecified atom stereocenters. The molecule has 0 saturated heterocycles. The van der Waals surface area contributed by atoms with Crippen LogP contribution < -0.4 is 15.4 Å². The van der Waals surface area contributed by atoms with E-state index in [-0.39, 0.29) is 5.91 Å². The molecule has 3 rings (SSSR count). The summed E-state index contributed by atoms with van der Waals surface area (Å²) in [4.78, 5) is 16.6. The number of rotatable bonds is 5. The first-order valence-corrected chi connectivity index (χ1v) is 8.36. The summed E-state index contributed by atoms with van der Waals surface area (Å²) in [6.45, 7) is 2.02. The Morgan fingerprint density at radius 2 is 1.88 bits per heavy atom. The third-order valence-corrected chi connectivity index (χ3v) is 4.01. The maximum absolute atomic E-state index is 12.5. The van der Waals surface area contributed by atoms with E-state index in [0.717, 1.165) is 16.9 Å². The van der Waals surface area contributed by atoms with Gasteiger partial charge in [-0.25, -0.2) is 0 Å². The fourth-order valence-corrected chi connectivity index (χ4v) is 2.73. The van der Waals surface area contributed by atoms with Crippen LogP contribution in [0.3, 0.4) is 0 Å². The molecule has 2 N–H and O–H groups in total. The second-order valence-electron chi connectivity index (χ2n) is 5.76. The Hall–Kier alpha value is -3.05. The number of nitrogens with one attached hydrogen (secondary N) is 2. The number of pyridine rings is 1. The van der Waals surface area contributed by atoms with Crippen LogP contribution in [0.2, 0.25) is 5.02 Å². The topological polar surface area (TPSA) is 63.2 Å². The maximum atomic E-state index is 12.5. The molecule has 5 nitrogen and oxygen atoms in total. The van der Waals surface area contributed by atoms with Crippen LogP contribution in [-0.4, -0.2) is 18.0 Å². The monoisotopic (exact) mass is 367 g/mol. The molecule has 0 aliphatic carbocycles. The van der Waals surface area contributed by atoms with Crippen LogP contribution in [0.25, 0.3) is 0 Å². The zero-order valence-corrected chi connectivity index (χ0v) is 15.2. The van der Waals surface area contributed by atoms with E-state index in [0.29, 0.717) is 22.0 Å². The van der Waals surface area contributed by atoms with Gasteiger partial charge in [0.05, 0.1) is 29.6 Å². The second-order valence-corrected chi connectivity index (χ2v) is 6.17. The van der Waals surface area contributed by atoms with Gasteiger partial charge in [-0.1, -0.05) is 23.7 Å². The molecular formula is C20H18ClN3O2. The number of carbonyl (C=O) groups excluding carboxylic acids is 1. The number of amides is 1. The summed E-state index contributed by atoms with van der Waals surface area (Å²) in [5.74, 6) is 0.280. The first-order valence-electron chi connectivity index (χ1n) is 7.99. The number of anilines is 3. The first-order chi connectivity index (χ1) is 12.5. The number of carbonyl (C=O) groups is 1. The van der Waals surface area contributed by atoms with Gasteiger partial charge < -0.3 is 15.4 Å². The molecule has 0 aliphatic rings. The SMILES string of the molecule is COc1ccc(NC(=O)c2cncc(Nc3cccc(C)c3)c2)cc1Cl. The van der Waals surface area contributed by atoms with E-state index in [1.807, 2.05) is 31.2 Å². The standard InChI is InChI=1S/C20H18ClN3O2/c1-13-4-3-5-15(8-13)23-17-9-14(11-22-12-17)20(25)24-16-6-7-19(26-2)18(21)10-16/h3-12,23H,1-2H3,(H,24,25). The molecule has 26 heavy (non-hydrogen) atoms. The molecule has 0 atom stereocenters. The molecule has 1 heterocycles. The van der Waals surface area contributed by atoms with Gasteiger partial charge in [-0.15, -0.1) is 0 Å². The number of hydrogen-bond donors (Lipinski definition) is 2. The van der Waals surface area contributed by atoms with Crippen molar-refractivity contribution in [2.24, 2.45) is 0 Å². The molecule has 1 aromatic heterocycles. The van der Waals surface area contributed by atoms with Crippen molar-refractivity contribution in [3.05, 3.63) is 77.1 Å². The third kappa shape index (κ3) is 4.32. The number of aromatic nitrogens is 1. The fraction of sp³-hybridized carbons (Fsp3) is 0.100. The zero-order chi connectivity index (χ0) is 18.5. The Balaban J connectivity index is 1.74. The zero-order valence-electron chi connectivity index (χ0n) is 14.4. The van der Waals surface area contributed by atoms with Gasteiger partial charge in [0.25, 0.3) is 5.91 Å². The van der Waals surface area contributed by atoms with Gasteiger partial charge in [-0.2, -0.15) is 0 Å². The lowest BCUT2D eigenvalue weighted by atomic mass is 10.2. The van der Waals surface area contributed by atoms with Crippen molar-refractivity contribution in [1.82, 2.24) is 4.98 Å². The second kappa shape index (κ2) is 7.89. The van der Waals surface area contributed by atoms with Crippen LogP contribution in [0.4, 0.5) is 17.1 Å². The van der Waals surface area contributed by atoms with Crippen LogP contribution >= 0.6 is 11.6 Å². The normalized spacial score (nSPS) is 10.3. The predicted octanol–water partition coefficient (Wildman–Crippen LogP) is 5.05. The molecule has 2 aromatic carbocycles. The highest BCUT2D eigenvalue weighted by molar-refractivity contribution is 6.32. The Morgan fingerprint density at radius 3 is 2.62 bits per heavy atom. The number of ether oxygens (including phenoxy) is 1. The molecule has 0 saturated carbocycles. The maximum Gasteiger partial charge on any atom is 0.257 e. The van der Waals surface area contributed by atoms with Crippen molar-refractivity contribution < 1.29 is 9.53 Å². The molecule has 0 bridgehead atoms. The van der Waals surface area contributed by atoms with Crippen LogP contribution in [0.5, 0.6) is 5.75 Å². The molecule has 6 heteroatoms. The average Bonchev–Trinajstić information content (AvgIpc) is 2.62. The fourth-order valence-electron chi connectivity index (χ4n) is 2.47. The molecule has 132 valence electrons. The Bertz CT molecular complexity index is 944. The third-order valence-electron chi connectivity index (χ3n) is 3.72. The van der Waals surface area contributed by atoms with E-state index in [1.54, 1.807) is 30.5 Å². The Labute approximate surface area is 157 Å². The number of aryl methyl sites for hydroxylation is 1. The van der Waals surface area contributed by atoms with Gasteiger partial charge in [0.2, 0.25) is 0 Å². The highest BCUT2D eigenvalue weighted by Gasteiger charge is 2.09. The number of halogens is 1. The molecule has 0 fully saturated rings. The lowest BCUT2D eigenvalue weighted by Gasteiger charge is -2.10. The summed E-state index contributed by atoms with van der Waals surface area (Å²) in [5, 5.41) is 6.48.